The van der Waals surface area contributed by atoms with Gasteiger partial charge in [0.05, 0.1) is 15.2 Å². The first-order valence-corrected chi connectivity index (χ1v) is 7.09. The van der Waals surface area contributed by atoms with Crippen LogP contribution in [0.3, 0.4) is 0 Å². The predicted octanol–water partition coefficient (Wildman–Crippen LogP) is 3.48. The molecule has 84 valence electrons. The number of rotatable bonds is 2. The van der Waals surface area contributed by atoms with Crippen LogP contribution in [0.1, 0.15) is 24.3 Å². The molecule has 4 heteroatoms. The number of hydrogen-bond donors (Lipinski definition) is 1. The molecule has 1 aliphatic carbocycles. The average Bonchev–Trinajstić information content (AvgIpc) is 2.56. The van der Waals surface area contributed by atoms with Crippen LogP contribution in [0.2, 0.25) is 0 Å². The second-order valence-corrected chi connectivity index (χ2v) is 6.64. The zero-order valence-corrected chi connectivity index (χ0v) is 11.3. The molecule has 0 spiro atoms. The second-order valence-electron chi connectivity index (χ2n) is 4.61. The highest BCUT2D eigenvalue weighted by molar-refractivity contribution is 9.10. The quantitative estimate of drug-likeness (QED) is 0.921. The van der Waals surface area contributed by atoms with E-state index in [1.807, 2.05) is 6.07 Å². The van der Waals surface area contributed by atoms with E-state index in [2.05, 4.69) is 33.0 Å². The van der Waals surface area contributed by atoms with Crippen molar-refractivity contribution in [3.8, 4) is 0 Å². The second kappa shape index (κ2) is 3.79. The maximum atomic E-state index is 6.24. The average molecular weight is 297 g/mol. The normalized spacial score (nSPS) is 18.6. The molecule has 1 aromatic carbocycles. The lowest BCUT2D eigenvalue weighted by atomic mass is 9.75. The van der Waals surface area contributed by atoms with Crippen molar-refractivity contribution in [3.63, 3.8) is 0 Å². The Labute approximate surface area is 107 Å². The van der Waals surface area contributed by atoms with Gasteiger partial charge in [0.2, 0.25) is 0 Å². The Bertz CT molecular complexity index is 531. The molecule has 0 radical (unpaired) electrons. The fraction of sp³-hybridized carbons (Fsp3) is 0.417. The molecule has 2 aromatic rings. The van der Waals surface area contributed by atoms with Gasteiger partial charge in [0.15, 0.2) is 0 Å². The number of nitrogens with two attached hydrogens (primary N) is 1. The highest BCUT2D eigenvalue weighted by atomic mass is 79.9. The maximum absolute atomic E-state index is 6.24. The monoisotopic (exact) mass is 296 g/mol. The largest absolute Gasteiger partial charge is 0.325 e. The summed E-state index contributed by atoms with van der Waals surface area (Å²) in [4.78, 5) is 4.64. The van der Waals surface area contributed by atoms with Crippen molar-refractivity contribution in [2.24, 2.45) is 5.73 Å². The summed E-state index contributed by atoms with van der Waals surface area (Å²) in [5.41, 5.74) is 7.37. The van der Waals surface area contributed by atoms with Crippen LogP contribution in [0.5, 0.6) is 0 Å². The van der Waals surface area contributed by atoms with Gasteiger partial charge in [0.25, 0.3) is 0 Å². The molecule has 2 nitrogen and oxygen atoms in total. The van der Waals surface area contributed by atoms with Gasteiger partial charge in [-0.2, -0.15) is 0 Å². The minimum atomic E-state index is 0.0328. The maximum Gasteiger partial charge on any atom is 0.0956 e. The molecule has 0 unspecified atom stereocenters. The lowest BCUT2D eigenvalue weighted by Gasteiger charge is -2.37. The van der Waals surface area contributed by atoms with Crippen LogP contribution in [0, 0.1) is 0 Å². The third-order valence-corrected chi connectivity index (χ3v) is 4.76. The molecule has 1 heterocycles. The van der Waals surface area contributed by atoms with Gasteiger partial charge in [0.1, 0.15) is 0 Å². The van der Waals surface area contributed by atoms with Gasteiger partial charge in [-0.25, -0.2) is 4.98 Å². The smallest absolute Gasteiger partial charge is 0.0956 e. The summed E-state index contributed by atoms with van der Waals surface area (Å²) in [7, 11) is 0. The summed E-state index contributed by atoms with van der Waals surface area (Å²) >= 11 is 5.25. The lowest BCUT2D eigenvalue weighted by Crippen LogP contribution is -2.48. The molecule has 0 aliphatic heterocycles. The standard InChI is InChI=1S/C12H13BrN2S/c13-8-2-3-9-10(6-8)16-11(15-9)7-12(14)4-1-5-12/h2-3,6H,1,4-5,7,14H2. The van der Waals surface area contributed by atoms with E-state index in [4.69, 9.17) is 5.73 Å². The summed E-state index contributed by atoms with van der Waals surface area (Å²) in [6.07, 6.45) is 4.50. The zero-order valence-electron chi connectivity index (χ0n) is 8.87. The Kier molecular flexibility index (Phi) is 2.53. The topological polar surface area (TPSA) is 38.9 Å². The molecule has 1 aromatic heterocycles. The molecule has 2 N–H and O–H groups in total. The molecule has 1 saturated carbocycles. The van der Waals surface area contributed by atoms with Crippen LogP contribution in [-0.2, 0) is 6.42 Å². The van der Waals surface area contributed by atoms with Gasteiger partial charge in [-0.05, 0) is 37.5 Å². The first kappa shape index (κ1) is 10.7. The number of nitrogens with zero attached hydrogens (tertiary/aromatic N) is 1. The van der Waals surface area contributed by atoms with E-state index in [1.165, 1.54) is 16.1 Å². The first-order chi connectivity index (χ1) is 7.65. The van der Waals surface area contributed by atoms with Gasteiger partial charge >= 0.3 is 0 Å². The van der Waals surface area contributed by atoms with Gasteiger partial charge in [-0.15, -0.1) is 11.3 Å². The SMILES string of the molecule is NC1(Cc2nc3ccc(Br)cc3s2)CCC1. The minimum Gasteiger partial charge on any atom is -0.325 e. The number of hydrogen-bond acceptors (Lipinski definition) is 3. The van der Waals surface area contributed by atoms with Crippen molar-refractivity contribution in [2.45, 2.75) is 31.2 Å². The molecule has 0 amide bonds. The number of aromatic nitrogens is 1. The van der Waals surface area contributed by atoms with Gasteiger partial charge in [0, 0.05) is 16.4 Å². The van der Waals surface area contributed by atoms with Crippen molar-refractivity contribution in [3.05, 3.63) is 27.7 Å². The number of halogens is 1. The van der Waals surface area contributed by atoms with E-state index in [0.717, 1.165) is 29.3 Å². The van der Waals surface area contributed by atoms with Crippen LogP contribution in [0.15, 0.2) is 22.7 Å². The molecule has 16 heavy (non-hydrogen) atoms. The Morgan fingerprint density at radius 2 is 2.25 bits per heavy atom. The van der Waals surface area contributed by atoms with E-state index < -0.39 is 0 Å². The molecular formula is C12H13BrN2S. The Morgan fingerprint density at radius 3 is 2.94 bits per heavy atom. The Balaban J connectivity index is 1.93. The molecule has 1 fully saturated rings. The number of fused-ring (bicyclic) bond motifs is 1. The van der Waals surface area contributed by atoms with Crippen molar-refractivity contribution in [2.75, 3.05) is 0 Å². The fourth-order valence-corrected chi connectivity index (χ4v) is 3.80. The number of benzene rings is 1. The molecule has 1 aliphatic rings. The van der Waals surface area contributed by atoms with Crippen LogP contribution in [0.4, 0.5) is 0 Å². The third-order valence-electron chi connectivity index (χ3n) is 3.25. The summed E-state index contributed by atoms with van der Waals surface area (Å²) < 4.78 is 2.36. The molecule has 0 atom stereocenters. The lowest BCUT2D eigenvalue weighted by molar-refractivity contribution is 0.247. The van der Waals surface area contributed by atoms with Crippen LogP contribution in [0.25, 0.3) is 10.2 Å². The van der Waals surface area contributed by atoms with E-state index in [1.54, 1.807) is 11.3 Å². The molecular weight excluding hydrogens is 284 g/mol. The van der Waals surface area contributed by atoms with Crippen molar-refractivity contribution < 1.29 is 0 Å². The number of thiazole rings is 1. The molecule has 0 saturated heterocycles. The summed E-state index contributed by atoms with van der Waals surface area (Å²) in [5.74, 6) is 0. The van der Waals surface area contributed by atoms with Crippen molar-refractivity contribution in [1.82, 2.24) is 4.98 Å². The van der Waals surface area contributed by atoms with Crippen molar-refractivity contribution >= 4 is 37.5 Å². The highest BCUT2D eigenvalue weighted by Gasteiger charge is 2.33. The Morgan fingerprint density at radius 1 is 1.44 bits per heavy atom. The third kappa shape index (κ3) is 1.90. The predicted molar refractivity (Wildman–Crippen MR) is 71.8 cm³/mol. The highest BCUT2D eigenvalue weighted by Crippen LogP contribution is 2.35. The van der Waals surface area contributed by atoms with Crippen LogP contribution in [-0.4, -0.2) is 10.5 Å². The summed E-state index contributed by atoms with van der Waals surface area (Å²) in [6, 6.07) is 6.22. The fourth-order valence-electron chi connectivity index (χ4n) is 2.13. The van der Waals surface area contributed by atoms with Gasteiger partial charge < -0.3 is 5.73 Å². The van der Waals surface area contributed by atoms with Crippen molar-refractivity contribution in [1.29, 1.82) is 0 Å². The van der Waals surface area contributed by atoms with E-state index >= 15 is 0 Å². The van der Waals surface area contributed by atoms with Gasteiger partial charge in [-0.3, -0.25) is 0 Å². The first-order valence-electron chi connectivity index (χ1n) is 5.49. The van der Waals surface area contributed by atoms with Crippen LogP contribution >= 0.6 is 27.3 Å². The zero-order chi connectivity index (χ0) is 11.2. The minimum absolute atomic E-state index is 0.0328. The van der Waals surface area contributed by atoms with E-state index in [-0.39, 0.29) is 5.54 Å². The molecule has 3 rings (SSSR count). The van der Waals surface area contributed by atoms with E-state index in [0.29, 0.717) is 0 Å². The summed E-state index contributed by atoms with van der Waals surface area (Å²) in [5, 5.41) is 1.18. The van der Waals surface area contributed by atoms with Crippen LogP contribution < -0.4 is 5.73 Å². The summed E-state index contributed by atoms with van der Waals surface area (Å²) in [6.45, 7) is 0. The Hall–Kier alpha value is -0.450. The molecule has 0 bridgehead atoms. The van der Waals surface area contributed by atoms with Gasteiger partial charge in [-0.1, -0.05) is 15.9 Å². The van der Waals surface area contributed by atoms with E-state index in [9.17, 15) is 0 Å².